The van der Waals surface area contributed by atoms with Gasteiger partial charge in [-0.25, -0.2) is 9.97 Å². The van der Waals surface area contributed by atoms with E-state index in [0.29, 0.717) is 17.9 Å². The molecule has 1 unspecified atom stereocenters. The lowest BCUT2D eigenvalue weighted by Crippen LogP contribution is -2.49. The van der Waals surface area contributed by atoms with Gasteiger partial charge in [0, 0.05) is 43.1 Å². The van der Waals surface area contributed by atoms with Crippen LogP contribution in [0.25, 0.3) is 11.4 Å². The molecule has 3 aromatic rings. The number of nitrogens with zero attached hydrogens (tertiary/aromatic N) is 3. The van der Waals surface area contributed by atoms with Gasteiger partial charge in [-0.15, -0.1) is 0 Å². The lowest BCUT2D eigenvalue weighted by atomic mass is 10.0. The van der Waals surface area contributed by atoms with Gasteiger partial charge in [-0.2, -0.15) is 0 Å². The summed E-state index contributed by atoms with van der Waals surface area (Å²) in [7, 11) is 1.68. The molecule has 0 amide bonds. The molecular formula is C26H30N4O. The van der Waals surface area contributed by atoms with E-state index in [4.69, 9.17) is 4.74 Å². The number of fused-ring (bicyclic) bond motifs is 1. The fraction of sp³-hybridized carbons (Fsp3) is 0.385. The van der Waals surface area contributed by atoms with Gasteiger partial charge in [0.1, 0.15) is 5.75 Å². The van der Waals surface area contributed by atoms with Crippen LogP contribution < -0.4 is 10.1 Å². The van der Waals surface area contributed by atoms with Crippen molar-refractivity contribution >= 4 is 0 Å². The van der Waals surface area contributed by atoms with E-state index in [1.54, 1.807) is 7.11 Å². The summed E-state index contributed by atoms with van der Waals surface area (Å²) >= 11 is 0. The molecule has 0 bridgehead atoms. The van der Waals surface area contributed by atoms with Crippen molar-refractivity contribution in [2.45, 2.75) is 44.3 Å². The van der Waals surface area contributed by atoms with Gasteiger partial charge in [-0.1, -0.05) is 36.4 Å². The molecule has 2 aliphatic rings. The molecule has 0 saturated carbocycles. The Morgan fingerprint density at radius 2 is 1.71 bits per heavy atom. The van der Waals surface area contributed by atoms with E-state index in [1.165, 1.54) is 43.4 Å². The molecule has 1 aliphatic carbocycles. The lowest BCUT2D eigenvalue weighted by Gasteiger charge is -2.37. The summed E-state index contributed by atoms with van der Waals surface area (Å²) in [6.45, 7) is 3.14. The molecule has 1 N–H and O–H groups in total. The summed E-state index contributed by atoms with van der Waals surface area (Å²) in [5.41, 5.74) is 5.11. The van der Waals surface area contributed by atoms with Crippen LogP contribution >= 0.6 is 0 Å². The second-order valence-corrected chi connectivity index (χ2v) is 8.66. The average Bonchev–Trinajstić information content (AvgIpc) is 3.28. The van der Waals surface area contributed by atoms with Crippen molar-refractivity contribution in [3.05, 3.63) is 77.6 Å². The van der Waals surface area contributed by atoms with Crippen LogP contribution in [0.3, 0.4) is 0 Å². The first-order chi connectivity index (χ1) is 15.3. The quantitative estimate of drug-likeness (QED) is 0.664. The molecular weight excluding hydrogens is 384 g/mol. The van der Waals surface area contributed by atoms with Gasteiger partial charge in [0.15, 0.2) is 5.82 Å². The maximum atomic E-state index is 5.43. The molecule has 5 heteroatoms. The van der Waals surface area contributed by atoms with Crippen LogP contribution in [-0.2, 0) is 19.4 Å². The highest BCUT2D eigenvalue weighted by atomic mass is 16.5. The molecule has 1 aromatic heterocycles. The number of nitrogens with one attached hydrogen (secondary N) is 1. The predicted molar refractivity (Wildman–Crippen MR) is 123 cm³/mol. The minimum atomic E-state index is 0.520. The van der Waals surface area contributed by atoms with Crippen LogP contribution in [0.1, 0.15) is 29.5 Å². The van der Waals surface area contributed by atoms with Crippen molar-refractivity contribution in [1.82, 2.24) is 20.2 Å². The maximum absolute atomic E-state index is 5.43. The van der Waals surface area contributed by atoms with E-state index in [2.05, 4.69) is 44.5 Å². The Bertz CT molecular complexity index is 995. The van der Waals surface area contributed by atoms with E-state index in [-0.39, 0.29) is 0 Å². The molecule has 160 valence electrons. The van der Waals surface area contributed by atoms with Crippen molar-refractivity contribution in [3.63, 3.8) is 0 Å². The van der Waals surface area contributed by atoms with Gasteiger partial charge < -0.3 is 10.1 Å². The Hall–Kier alpha value is -2.76. The monoisotopic (exact) mass is 414 g/mol. The number of hydrogen-bond donors (Lipinski definition) is 1. The van der Waals surface area contributed by atoms with Gasteiger partial charge in [0.25, 0.3) is 0 Å². The number of likely N-dealkylation sites (tertiary alicyclic amines) is 1. The van der Waals surface area contributed by atoms with Gasteiger partial charge in [0.2, 0.25) is 0 Å². The number of piperidine rings is 1. The number of rotatable bonds is 6. The smallest absolute Gasteiger partial charge is 0.162 e. The first-order valence-electron chi connectivity index (χ1n) is 11.3. The minimum absolute atomic E-state index is 0.520. The fourth-order valence-electron chi connectivity index (χ4n) is 4.98. The van der Waals surface area contributed by atoms with E-state index < -0.39 is 0 Å². The standard InChI is InChI=1S/C26H30N4O/c1-31-25-11-5-4-10-24(25)26-28-16-19(17-29-26)15-27-22-9-6-12-30(18-22)23-13-20-7-2-3-8-21(20)14-23/h2-5,7-8,10-11,16-17,22-23,27H,6,9,12-15,18H2,1H3. The van der Waals surface area contributed by atoms with Gasteiger partial charge in [0.05, 0.1) is 12.7 Å². The molecule has 1 aliphatic heterocycles. The second-order valence-electron chi connectivity index (χ2n) is 8.66. The number of para-hydroxylation sites is 1. The first-order valence-corrected chi connectivity index (χ1v) is 11.3. The third-order valence-electron chi connectivity index (χ3n) is 6.65. The number of methoxy groups -OCH3 is 1. The highest BCUT2D eigenvalue weighted by Gasteiger charge is 2.30. The highest BCUT2D eigenvalue weighted by Crippen LogP contribution is 2.28. The summed E-state index contributed by atoms with van der Waals surface area (Å²) in [6, 6.07) is 18.0. The summed E-state index contributed by atoms with van der Waals surface area (Å²) in [4.78, 5) is 11.9. The van der Waals surface area contributed by atoms with Crippen LogP contribution in [0.5, 0.6) is 5.75 Å². The van der Waals surface area contributed by atoms with Gasteiger partial charge in [-0.3, -0.25) is 4.90 Å². The van der Waals surface area contributed by atoms with Crippen LogP contribution in [-0.4, -0.2) is 47.2 Å². The molecule has 5 rings (SSSR count). The van der Waals surface area contributed by atoms with Gasteiger partial charge in [-0.05, 0) is 55.5 Å². The van der Waals surface area contributed by atoms with Crippen LogP contribution in [0, 0.1) is 0 Å². The zero-order chi connectivity index (χ0) is 21.0. The van der Waals surface area contributed by atoms with E-state index in [0.717, 1.165) is 30.0 Å². The normalized spacial score (nSPS) is 19.3. The predicted octanol–water partition coefficient (Wildman–Crippen LogP) is 3.87. The molecule has 31 heavy (non-hydrogen) atoms. The average molecular weight is 415 g/mol. The highest BCUT2D eigenvalue weighted by molar-refractivity contribution is 5.63. The first kappa shape index (κ1) is 20.2. The maximum Gasteiger partial charge on any atom is 0.162 e. The third-order valence-corrected chi connectivity index (χ3v) is 6.65. The fourth-order valence-corrected chi connectivity index (χ4v) is 4.98. The second kappa shape index (κ2) is 9.16. The van der Waals surface area contributed by atoms with Crippen molar-refractivity contribution in [2.24, 2.45) is 0 Å². The van der Waals surface area contributed by atoms with Crippen LogP contribution in [0.15, 0.2) is 60.9 Å². The zero-order valence-electron chi connectivity index (χ0n) is 18.1. The third kappa shape index (κ3) is 4.48. The number of ether oxygens (including phenoxy) is 1. The van der Waals surface area contributed by atoms with E-state index >= 15 is 0 Å². The van der Waals surface area contributed by atoms with E-state index in [1.807, 2.05) is 36.7 Å². The Balaban J connectivity index is 1.17. The van der Waals surface area contributed by atoms with E-state index in [9.17, 15) is 0 Å². The molecule has 0 spiro atoms. The molecule has 0 radical (unpaired) electrons. The zero-order valence-corrected chi connectivity index (χ0v) is 18.1. The summed E-state index contributed by atoms with van der Waals surface area (Å²) in [5, 5.41) is 3.75. The molecule has 2 heterocycles. The van der Waals surface area contributed by atoms with Crippen molar-refractivity contribution in [2.75, 3.05) is 20.2 Å². The number of hydrogen-bond acceptors (Lipinski definition) is 5. The van der Waals surface area contributed by atoms with Crippen molar-refractivity contribution in [1.29, 1.82) is 0 Å². The number of benzene rings is 2. The molecule has 1 fully saturated rings. The minimum Gasteiger partial charge on any atom is -0.496 e. The Kier molecular flexibility index (Phi) is 5.96. The summed E-state index contributed by atoms with van der Waals surface area (Å²) in [5.74, 6) is 1.50. The largest absolute Gasteiger partial charge is 0.496 e. The lowest BCUT2D eigenvalue weighted by molar-refractivity contribution is 0.140. The SMILES string of the molecule is COc1ccccc1-c1ncc(CNC2CCCN(C3Cc4ccccc4C3)C2)cn1. The molecule has 1 atom stereocenters. The van der Waals surface area contributed by atoms with Crippen molar-refractivity contribution < 1.29 is 4.74 Å². The Labute approximate surface area is 184 Å². The van der Waals surface area contributed by atoms with Gasteiger partial charge >= 0.3 is 0 Å². The van der Waals surface area contributed by atoms with Crippen LogP contribution in [0.4, 0.5) is 0 Å². The molecule has 5 nitrogen and oxygen atoms in total. The Morgan fingerprint density at radius 3 is 2.45 bits per heavy atom. The Morgan fingerprint density at radius 1 is 1.00 bits per heavy atom. The molecule has 2 aromatic carbocycles. The van der Waals surface area contributed by atoms with Crippen molar-refractivity contribution in [3.8, 4) is 17.1 Å². The molecule has 1 saturated heterocycles. The summed E-state index contributed by atoms with van der Waals surface area (Å²) < 4.78 is 5.43. The topological polar surface area (TPSA) is 50.3 Å². The summed E-state index contributed by atoms with van der Waals surface area (Å²) in [6.07, 6.45) is 8.73. The number of aromatic nitrogens is 2. The van der Waals surface area contributed by atoms with Crippen LogP contribution in [0.2, 0.25) is 0 Å².